The van der Waals surface area contributed by atoms with Crippen molar-refractivity contribution in [3.8, 4) is 16.9 Å². The Balaban J connectivity index is 1.64. The Kier molecular flexibility index (Phi) is 13.6. The molecular formula is C42H70N5O9Si+. The molecule has 0 saturated carbocycles. The topological polar surface area (TPSA) is 157 Å². The molecule has 1 fully saturated rings. The molecule has 3 atom stereocenters. The van der Waals surface area contributed by atoms with Gasteiger partial charge in [0, 0.05) is 19.0 Å². The zero-order valence-corrected chi connectivity index (χ0v) is 38.2. The second-order valence-electron chi connectivity index (χ2n) is 20.3. The van der Waals surface area contributed by atoms with E-state index in [2.05, 4.69) is 67.0 Å². The Hall–Kier alpha value is -3.66. The van der Waals surface area contributed by atoms with Crippen LogP contribution < -0.4 is 20.6 Å². The van der Waals surface area contributed by atoms with Crippen LogP contribution in [0.25, 0.3) is 11.1 Å². The second kappa shape index (κ2) is 16.9. The lowest BCUT2D eigenvalue weighted by Crippen LogP contribution is -2.57. The zero-order valence-electron chi connectivity index (χ0n) is 37.2. The number of nitrogens with two attached hydrogens (primary N) is 1. The van der Waals surface area contributed by atoms with Gasteiger partial charge in [-0.15, -0.1) is 4.68 Å². The van der Waals surface area contributed by atoms with Crippen LogP contribution in [0.15, 0.2) is 30.6 Å². The molecule has 15 heteroatoms. The monoisotopic (exact) mass is 816 g/mol. The molecule has 3 heterocycles. The van der Waals surface area contributed by atoms with Crippen LogP contribution in [0.2, 0.25) is 18.1 Å². The quantitative estimate of drug-likeness (QED) is 0.0759. The van der Waals surface area contributed by atoms with Crippen molar-refractivity contribution >= 4 is 26.5 Å². The Morgan fingerprint density at radius 3 is 2.09 bits per heavy atom. The van der Waals surface area contributed by atoms with Crippen molar-refractivity contribution in [3.05, 3.63) is 36.2 Å². The minimum Gasteiger partial charge on any atom is -0.486 e. The number of benzene rings is 1. The van der Waals surface area contributed by atoms with E-state index in [9.17, 15) is 14.4 Å². The first-order valence-corrected chi connectivity index (χ1v) is 23.0. The Morgan fingerprint density at radius 1 is 0.912 bits per heavy atom. The summed E-state index contributed by atoms with van der Waals surface area (Å²) in [6.07, 6.45) is 3.56. The highest BCUT2D eigenvalue weighted by molar-refractivity contribution is 6.74. The molecule has 2 aliphatic rings. The van der Waals surface area contributed by atoms with Gasteiger partial charge in [-0.3, -0.25) is 4.84 Å². The number of nitrogens with zero attached hydrogens (tertiary/aromatic N) is 3. The van der Waals surface area contributed by atoms with E-state index in [-0.39, 0.29) is 29.7 Å². The van der Waals surface area contributed by atoms with Crippen molar-refractivity contribution < 1.29 is 47.3 Å². The molecule has 0 radical (unpaired) electrons. The average Bonchev–Trinajstić information content (AvgIpc) is 3.42. The average molecular weight is 817 g/mol. The van der Waals surface area contributed by atoms with Gasteiger partial charge in [-0.05, 0) is 123 Å². The molecule has 0 bridgehead atoms. The van der Waals surface area contributed by atoms with E-state index in [1.165, 1.54) is 0 Å². The molecule has 0 aliphatic carbocycles. The number of aromatic nitrogens is 2. The Morgan fingerprint density at radius 2 is 1.53 bits per heavy atom. The predicted octanol–water partition coefficient (Wildman–Crippen LogP) is 6.91. The molecule has 1 saturated heterocycles. The Labute approximate surface area is 341 Å². The molecule has 320 valence electrons. The van der Waals surface area contributed by atoms with Gasteiger partial charge >= 0.3 is 18.2 Å². The number of hydrogen-bond donors (Lipinski definition) is 2. The molecule has 1 aromatic heterocycles. The highest BCUT2D eigenvalue weighted by Crippen LogP contribution is 2.38. The van der Waals surface area contributed by atoms with Crippen molar-refractivity contribution in [2.45, 2.75) is 169 Å². The van der Waals surface area contributed by atoms with Gasteiger partial charge in [-0.2, -0.15) is 4.68 Å². The van der Waals surface area contributed by atoms with Crippen LogP contribution in [0.5, 0.6) is 5.75 Å². The molecule has 2 amide bonds. The predicted molar refractivity (Wildman–Crippen MR) is 220 cm³/mol. The summed E-state index contributed by atoms with van der Waals surface area (Å²) in [5.74, 6) is 5.98. The van der Waals surface area contributed by atoms with Crippen LogP contribution in [0.4, 0.5) is 9.59 Å². The van der Waals surface area contributed by atoms with Crippen LogP contribution in [0.3, 0.4) is 0 Å². The van der Waals surface area contributed by atoms with E-state index < -0.39 is 48.9 Å². The summed E-state index contributed by atoms with van der Waals surface area (Å²) in [4.78, 5) is 45.7. The van der Waals surface area contributed by atoms with Gasteiger partial charge in [0.15, 0.2) is 14.9 Å². The number of ether oxygens (including phenoxy) is 4. The minimum absolute atomic E-state index is 0.0587. The summed E-state index contributed by atoms with van der Waals surface area (Å²) in [6.45, 7) is 31.7. The largest absolute Gasteiger partial charge is 0.486 e. The third-order valence-corrected chi connectivity index (χ3v) is 15.0. The normalized spacial score (nSPS) is 18.4. The van der Waals surface area contributed by atoms with Gasteiger partial charge in [-0.25, -0.2) is 20.3 Å². The molecule has 57 heavy (non-hydrogen) atoms. The molecule has 14 nitrogen and oxygen atoms in total. The first-order chi connectivity index (χ1) is 26.0. The van der Waals surface area contributed by atoms with Crippen LogP contribution >= 0.6 is 0 Å². The molecule has 0 spiro atoms. The van der Waals surface area contributed by atoms with Gasteiger partial charge in [0.25, 0.3) is 0 Å². The highest BCUT2D eigenvalue weighted by atomic mass is 28.4. The Bertz CT molecular complexity index is 1750. The number of esters is 1. The third-order valence-electron chi connectivity index (χ3n) is 10.5. The molecule has 4 rings (SSSR count). The van der Waals surface area contributed by atoms with Crippen molar-refractivity contribution in [2.24, 2.45) is 11.8 Å². The summed E-state index contributed by atoms with van der Waals surface area (Å²) >= 11 is 0. The number of carbonyl (C=O) groups is 3. The number of aryl methyl sites for hydroxylation is 1. The lowest BCUT2D eigenvalue weighted by molar-refractivity contribution is -0.780. The molecule has 3 unspecified atom stereocenters. The number of fused-ring (bicyclic) bond motifs is 1. The highest BCUT2D eigenvalue weighted by Gasteiger charge is 2.49. The molecule has 3 N–H and O–H groups in total. The molecule has 2 aromatic rings. The molecular weight excluding hydrogens is 747 g/mol. The van der Waals surface area contributed by atoms with Gasteiger partial charge < -0.3 is 33.6 Å². The van der Waals surface area contributed by atoms with E-state index in [1.807, 2.05) is 53.7 Å². The maximum absolute atomic E-state index is 13.2. The fraction of sp³-hybridized carbons (Fsp3) is 0.714. The van der Waals surface area contributed by atoms with Crippen LogP contribution in [0.1, 0.15) is 102 Å². The fourth-order valence-corrected chi connectivity index (χ4v) is 7.78. The van der Waals surface area contributed by atoms with Crippen LogP contribution in [-0.2, 0) is 47.8 Å². The molecule has 2 aliphatic heterocycles. The summed E-state index contributed by atoms with van der Waals surface area (Å²) in [7, 11) is -2.27. The summed E-state index contributed by atoms with van der Waals surface area (Å²) < 4.78 is 34.5. The maximum Gasteiger partial charge on any atom is 0.410 e. The van der Waals surface area contributed by atoms with Gasteiger partial charge in [0.2, 0.25) is 11.8 Å². The van der Waals surface area contributed by atoms with Crippen molar-refractivity contribution in [1.82, 2.24) is 14.9 Å². The van der Waals surface area contributed by atoms with Crippen LogP contribution in [-0.4, -0.2) is 90.3 Å². The van der Waals surface area contributed by atoms with Crippen molar-refractivity contribution in [1.29, 1.82) is 0 Å². The van der Waals surface area contributed by atoms with Crippen LogP contribution in [0, 0.1) is 5.92 Å². The number of nitrogens with one attached hydrogen (secondary N) is 1. The summed E-state index contributed by atoms with van der Waals surface area (Å²) in [5.41, 5.74) is -0.431. The minimum atomic E-state index is -2.27. The van der Waals surface area contributed by atoms with E-state index in [0.29, 0.717) is 44.8 Å². The number of hydrogen-bond acceptors (Lipinski definition) is 10. The second-order valence-corrected chi connectivity index (χ2v) is 25.0. The SMILES string of the molecule is CC(C)(C)OC(=O)NCC(C[n+]1cc(-c2ccc3c(c2)CCC(C(C)(ON)C(=O)OC(C)(C)C)O3)cn1CC1CN(C(=O)OC(C)(C)C)C1)O[Si](C)(C)C(C)(C)C. The lowest BCUT2D eigenvalue weighted by Gasteiger charge is -2.39. The number of rotatable bonds is 12. The maximum atomic E-state index is 13.2. The lowest BCUT2D eigenvalue weighted by atomic mass is 9.89. The van der Waals surface area contributed by atoms with E-state index in [0.717, 1.165) is 16.7 Å². The number of alkyl carbamates (subject to hydrolysis) is 1. The first kappa shape index (κ1) is 46.0. The third kappa shape index (κ3) is 12.4. The zero-order chi connectivity index (χ0) is 42.9. The standard InChI is InChI=1S/C42H69N5O9Si/c1-38(2,3)52-35(48)42(13,56-43)34-19-17-30-20-29(16-18-33(30)51-34)31-25-46(24-28-22-45(23-28)37(50)54-40(7,8)9)47(26-31)27-32(55-57(14,15)41(10,11)12)21-44-36(49)53-39(4,5)6/h16,18,20,25-26,28,32,34H,17,19,21-24,27,43H2,1-15H3/p+1. The van der Waals surface area contributed by atoms with Crippen molar-refractivity contribution in [3.63, 3.8) is 0 Å². The number of carbonyl (C=O) groups excluding carboxylic acids is 3. The van der Waals surface area contributed by atoms with E-state index >= 15 is 0 Å². The van der Waals surface area contributed by atoms with E-state index in [1.54, 1.807) is 32.6 Å². The summed E-state index contributed by atoms with van der Waals surface area (Å²) in [6, 6.07) is 6.04. The number of likely N-dealkylation sites (tertiary alicyclic amines) is 1. The molecule has 1 aromatic carbocycles. The van der Waals surface area contributed by atoms with Crippen molar-refractivity contribution in [2.75, 3.05) is 19.6 Å². The van der Waals surface area contributed by atoms with E-state index in [4.69, 9.17) is 34.1 Å². The number of amides is 2. The summed E-state index contributed by atoms with van der Waals surface area (Å²) in [5, 5.41) is 2.90. The smallest absolute Gasteiger partial charge is 0.410 e. The van der Waals surface area contributed by atoms with Gasteiger partial charge in [0.05, 0.1) is 24.8 Å². The fourth-order valence-electron chi connectivity index (χ4n) is 6.44. The van der Waals surface area contributed by atoms with Gasteiger partial charge in [0.1, 0.15) is 34.8 Å². The first-order valence-electron chi connectivity index (χ1n) is 20.1. The van der Waals surface area contributed by atoms with Gasteiger partial charge in [-0.1, -0.05) is 26.8 Å².